The van der Waals surface area contributed by atoms with Gasteiger partial charge in [0.05, 0.1) is 12.2 Å². The number of ether oxygens (including phenoxy) is 1. The number of phenolic OH excluding ortho intramolecular Hbond substituents is 1. The number of ketones is 1. The fraction of sp³-hybridized carbons (Fsp3) is 0.667. The molecule has 1 atom stereocenters. The Hall–Kier alpha value is -1.55. The third kappa shape index (κ3) is 7.07. The van der Waals surface area contributed by atoms with Gasteiger partial charge in [-0.2, -0.15) is 0 Å². The lowest BCUT2D eigenvalue weighted by Gasteiger charge is -2.15. The number of phenols is 1. The minimum absolute atomic E-state index is 0.0929. The monoisotopic (exact) mass is 348 g/mol. The number of Topliss-reactive ketones (excluding diaryl/α,β-unsaturated/α-hetero) is 1. The van der Waals surface area contributed by atoms with Crippen LogP contribution in [-0.2, 0) is 11.2 Å². The molecule has 25 heavy (non-hydrogen) atoms. The van der Waals surface area contributed by atoms with Crippen LogP contribution >= 0.6 is 0 Å². The number of aliphatic hydroxyl groups excluding tert-OH is 1. The summed E-state index contributed by atoms with van der Waals surface area (Å²) < 4.78 is 5.90. The van der Waals surface area contributed by atoms with Gasteiger partial charge in [0.15, 0.2) is 11.5 Å². The van der Waals surface area contributed by atoms with Gasteiger partial charge in [0.2, 0.25) is 0 Å². The zero-order valence-corrected chi connectivity index (χ0v) is 15.4. The maximum atomic E-state index is 12.0. The first kappa shape index (κ1) is 19.8. The number of aryl methyl sites for hydroxylation is 1. The molecular formula is C21H32O4. The zero-order chi connectivity index (χ0) is 18.1. The Balaban J connectivity index is 1.78. The van der Waals surface area contributed by atoms with E-state index in [9.17, 15) is 15.0 Å². The molecule has 0 amide bonds. The van der Waals surface area contributed by atoms with Gasteiger partial charge in [-0.3, -0.25) is 4.79 Å². The van der Waals surface area contributed by atoms with Crippen LogP contribution in [0.3, 0.4) is 0 Å². The summed E-state index contributed by atoms with van der Waals surface area (Å²) in [5, 5.41) is 19.9. The fourth-order valence-electron chi connectivity index (χ4n) is 3.37. The summed E-state index contributed by atoms with van der Waals surface area (Å²) in [5.74, 6) is 0.778. The standard InChI is InChI=1S/C21H32O4/c1-2-3-4-7-17(22)15-18(23)12-10-16-11-13-20(24)21(14-16)25-19-8-5-6-9-19/h11,13-14,17,19,22,24H,2-10,12,15H2,1H3. The molecule has 2 N–H and O–H groups in total. The van der Waals surface area contributed by atoms with Crippen molar-refractivity contribution in [1.82, 2.24) is 0 Å². The van der Waals surface area contributed by atoms with Crippen LogP contribution in [0.2, 0.25) is 0 Å². The second-order valence-electron chi connectivity index (χ2n) is 7.22. The molecule has 0 bridgehead atoms. The van der Waals surface area contributed by atoms with Crippen LogP contribution in [0.4, 0.5) is 0 Å². The van der Waals surface area contributed by atoms with E-state index >= 15 is 0 Å². The molecule has 4 nitrogen and oxygen atoms in total. The van der Waals surface area contributed by atoms with Crippen LogP contribution in [-0.4, -0.2) is 28.2 Å². The number of carbonyl (C=O) groups excluding carboxylic acids is 1. The normalized spacial score (nSPS) is 16.1. The van der Waals surface area contributed by atoms with Crippen molar-refractivity contribution >= 4 is 5.78 Å². The van der Waals surface area contributed by atoms with Crippen LogP contribution in [0.5, 0.6) is 11.5 Å². The van der Waals surface area contributed by atoms with Gasteiger partial charge in [-0.1, -0.05) is 32.3 Å². The van der Waals surface area contributed by atoms with E-state index in [1.54, 1.807) is 6.07 Å². The van der Waals surface area contributed by atoms with Crippen molar-refractivity contribution in [2.75, 3.05) is 0 Å². The third-order valence-electron chi connectivity index (χ3n) is 4.92. The van der Waals surface area contributed by atoms with Crippen LogP contribution in [0.25, 0.3) is 0 Å². The van der Waals surface area contributed by atoms with Gasteiger partial charge in [0, 0.05) is 12.8 Å². The second kappa shape index (κ2) is 10.4. The van der Waals surface area contributed by atoms with E-state index < -0.39 is 6.10 Å². The number of rotatable bonds is 11. The van der Waals surface area contributed by atoms with Crippen LogP contribution < -0.4 is 4.74 Å². The number of aliphatic hydroxyl groups is 1. The second-order valence-corrected chi connectivity index (χ2v) is 7.22. The molecule has 1 unspecified atom stereocenters. The Kier molecular flexibility index (Phi) is 8.26. The Morgan fingerprint density at radius 1 is 1.28 bits per heavy atom. The Morgan fingerprint density at radius 3 is 2.76 bits per heavy atom. The summed E-state index contributed by atoms with van der Waals surface area (Å²) in [6.45, 7) is 2.12. The third-order valence-corrected chi connectivity index (χ3v) is 4.92. The first-order valence-corrected chi connectivity index (χ1v) is 9.76. The summed E-state index contributed by atoms with van der Waals surface area (Å²) in [7, 11) is 0. The molecule has 0 radical (unpaired) electrons. The molecule has 1 saturated carbocycles. The van der Waals surface area contributed by atoms with Crippen molar-refractivity contribution in [2.24, 2.45) is 0 Å². The molecule has 0 spiro atoms. The highest BCUT2D eigenvalue weighted by molar-refractivity contribution is 5.79. The summed E-state index contributed by atoms with van der Waals surface area (Å²) in [6, 6.07) is 5.32. The van der Waals surface area contributed by atoms with Gasteiger partial charge in [0.1, 0.15) is 5.78 Å². The fourth-order valence-corrected chi connectivity index (χ4v) is 3.37. The van der Waals surface area contributed by atoms with Gasteiger partial charge in [0.25, 0.3) is 0 Å². The van der Waals surface area contributed by atoms with Crippen LogP contribution in [0, 0.1) is 0 Å². The minimum Gasteiger partial charge on any atom is -0.504 e. The Morgan fingerprint density at radius 2 is 2.04 bits per heavy atom. The lowest BCUT2D eigenvalue weighted by atomic mass is 10.0. The minimum atomic E-state index is -0.514. The first-order chi connectivity index (χ1) is 12.1. The van der Waals surface area contributed by atoms with Crippen LogP contribution in [0.1, 0.15) is 76.7 Å². The average Bonchev–Trinajstić information content (AvgIpc) is 3.09. The van der Waals surface area contributed by atoms with Crippen molar-refractivity contribution < 1.29 is 19.7 Å². The van der Waals surface area contributed by atoms with E-state index in [2.05, 4.69) is 6.92 Å². The summed E-state index contributed by atoms with van der Waals surface area (Å²) >= 11 is 0. The molecule has 0 saturated heterocycles. The number of benzene rings is 1. The molecule has 1 aromatic rings. The molecule has 0 heterocycles. The van der Waals surface area contributed by atoms with Gasteiger partial charge < -0.3 is 14.9 Å². The molecule has 0 aromatic heterocycles. The predicted octanol–water partition coefficient (Wildman–Crippen LogP) is 4.55. The molecule has 140 valence electrons. The largest absolute Gasteiger partial charge is 0.504 e. The van der Waals surface area contributed by atoms with Crippen LogP contribution in [0.15, 0.2) is 18.2 Å². The smallest absolute Gasteiger partial charge is 0.161 e. The maximum Gasteiger partial charge on any atom is 0.161 e. The SMILES string of the molecule is CCCCCC(O)CC(=O)CCc1ccc(O)c(OC2CCCC2)c1. The van der Waals surface area contributed by atoms with Crippen molar-refractivity contribution in [3.05, 3.63) is 23.8 Å². The van der Waals surface area contributed by atoms with Crippen molar-refractivity contribution in [3.8, 4) is 11.5 Å². The van der Waals surface area contributed by atoms with E-state index in [0.29, 0.717) is 25.0 Å². The van der Waals surface area contributed by atoms with Crippen molar-refractivity contribution in [2.45, 2.75) is 89.8 Å². The van der Waals surface area contributed by atoms with E-state index in [0.717, 1.165) is 37.7 Å². The van der Waals surface area contributed by atoms with E-state index in [1.807, 2.05) is 12.1 Å². The number of carbonyl (C=O) groups is 1. The lowest BCUT2D eigenvalue weighted by molar-refractivity contribution is -0.121. The van der Waals surface area contributed by atoms with Crippen molar-refractivity contribution in [3.63, 3.8) is 0 Å². The molecule has 4 heteroatoms. The molecule has 1 aliphatic carbocycles. The first-order valence-electron chi connectivity index (χ1n) is 9.76. The Bertz CT molecular complexity index is 535. The van der Waals surface area contributed by atoms with Crippen molar-refractivity contribution in [1.29, 1.82) is 0 Å². The molecule has 1 aliphatic rings. The van der Waals surface area contributed by atoms with Gasteiger partial charge in [-0.05, 0) is 56.2 Å². The molecule has 2 rings (SSSR count). The van der Waals surface area contributed by atoms with Gasteiger partial charge in [-0.15, -0.1) is 0 Å². The summed E-state index contributed by atoms with van der Waals surface area (Å²) in [4.78, 5) is 12.0. The number of hydrogen-bond donors (Lipinski definition) is 2. The van der Waals surface area contributed by atoms with E-state index in [4.69, 9.17) is 4.74 Å². The number of aromatic hydroxyl groups is 1. The quantitative estimate of drug-likeness (QED) is 0.576. The molecule has 1 aromatic carbocycles. The highest BCUT2D eigenvalue weighted by Crippen LogP contribution is 2.32. The van der Waals surface area contributed by atoms with Gasteiger partial charge in [-0.25, -0.2) is 0 Å². The predicted molar refractivity (Wildman–Crippen MR) is 99.1 cm³/mol. The van der Waals surface area contributed by atoms with E-state index in [1.165, 1.54) is 12.8 Å². The topological polar surface area (TPSA) is 66.8 Å². The highest BCUT2D eigenvalue weighted by Gasteiger charge is 2.18. The maximum absolute atomic E-state index is 12.0. The number of hydrogen-bond acceptors (Lipinski definition) is 4. The molecule has 0 aliphatic heterocycles. The van der Waals surface area contributed by atoms with Gasteiger partial charge >= 0.3 is 0 Å². The molecular weight excluding hydrogens is 316 g/mol. The average molecular weight is 348 g/mol. The Labute approximate surface area is 151 Å². The summed E-state index contributed by atoms with van der Waals surface area (Å²) in [5.41, 5.74) is 0.986. The zero-order valence-electron chi connectivity index (χ0n) is 15.4. The summed E-state index contributed by atoms with van der Waals surface area (Å²) in [6.07, 6.45) is 9.30. The highest BCUT2D eigenvalue weighted by atomic mass is 16.5. The molecule has 1 fully saturated rings. The lowest BCUT2D eigenvalue weighted by Crippen LogP contribution is -2.14. The number of unbranched alkanes of at least 4 members (excludes halogenated alkanes) is 2. The van der Waals surface area contributed by atoms with E-state index in [-0.39, 0.29) is 24.1 Å².